The van der Waals surface area contributed by atoms with Gasteiger partial charge in [-0.3, -0.25) is 9.59 Å². The number of anilines is 1. The summed E-state index contributed by atoms with van der Waals surface area (Å²) in [5, 5.41) is 5.50. The number of amides is 2. The molecule has 0 saturated carbocycles. The molecule has 4 nitrogen and oxygen atoms in total. The molecule has 2 aromatic carbocycles. The molecule has 0 bridgehead atoms. The molecule has 0 radical (unpaired) electrons. The molecule has 2 amide bonds. The third-order valence-electron chi connectivity index (χ3n) is 3.50. The second kappa shape index (κ2) is 8.11. The van der Waals surface area contributed by atoms with Crippen LogP contribution in [0.1, 0.15) is 37.8 Å². The molecule has 2 rings (SSSR count). The van der Waals surface area contributed by atoms with E-state index in [1.165, 1.54) is 6.92 Å². The van der Waals surface area contributed by atoms with Crippen LogP contribution in [0.2, 0.25) is 0 Å². The zero-order valence-corrected chi connectivity index (χ0v) is 14.2. The highest BCUT2D eigenvalue weighted by Gasteiger charge is 2.14. The van der Waals surface area contributed by atoms with Gasteiger partial charge in [0.25, 0.3) is 5.91 Å². The van der Waals surface area contributed by atoms with Gasteiger partial charge in [0.2, 0.25) is 5.91 Å². The summed E-state index contributed by atoms with van der Waals surface area (Å²) in [6, 6.07) is 17.1. The number of hydrogen-bond acceptors (Lipinski definition) is 2. The van der Waals surface area contributed by atoms with Crippen molar-refractivity contribution in [1.29, 1.82) is 0 Å². The molecule has 0 heterocycles. The molecule has 0 unspecified atom stereocenters. The van der Waals surface area contributed by atoms with Crippen LogP contribution in [0.4, 0.5) is 5.69 Å². The van der Waals surface area contributed by atoms with E-state index in [0.29, 0.717) is 0 Å². The van der Waals surface area contributed by atoms with Crippen molar-refractivity contribution in [2.45, 2.75) is 26.7 Å². The van der Waals surface area contributed by atoms with Crippen LogP contribution in [0.15, 0.2) is 60.3 Å². The van der Waals surface area contributed by atoms with Crippen LogP contribution >= 0.6 is 0 Å². The average Bonchev–Trinajstić information content (AvgIpc) is 2.55. The maximum Gasteiger partial charge on any atom is 0.272 e. The summed E-state index contributed by atoms with van der Waals surface area (Å²) in [5.41, 5.74) is 2.86. The minimum absolute atomic E-state index is 0.215. The van der Waals surface area contributed by atoms with Crippen molar-refractivity contribution in [3.8, 4) is 0 Å². The topological polar surface area (TPSA) is 58.2 Å². The Morgan fingerprint density at radius 2 is 1.58 bits per heavy atom. The Balaban J connectivity index is 2.29. The second-order valence-corrected chi connectivity index (χ2v) is 5.85. The van der Waals surface area contributed by atoms with Crippen LogP contribution in [0, 0.1) is 0 Å². The van der Waals surface area contributed by atoms with E-state index in [2.05, 4.69) is 24.5 Å². The highest BCUT2D eigenvalue weighted by Crippen LogP contribution is 2.24. The molecule has 2 N–H and O–H groups in total. The van der Waals surface area contributed by atoms with E-state index < -0.39 is 0 Å². The lowest BCUT2D eigenvalue weighted by molar-refractivity contribution is -0.120. The summed E-state index contributed by atoms with van der Waals surface area (Å²) in [5.74, 6) is -0.351. The van der Waals surface area contributed by atoms with Crippen LogP contribution in [0.3, 0.4) is 0 Å². The van der Waals surface area contributed by atoms with Gasteiger partial charge in [-0.25, -0.2) is 0 Å². The standard InChI is InChI=1S/C20H22N2O2/c1-14(2)17-11-7-8-12-18(17)22-20(24)19(21-15(3)23)13-16-9-5-4-6-10-16/h4-14H,1-3H3,(H,21,23)(H,22,24)/b19-13-. The SMILES string of the molecule is CC(=O)N/C(=C\c1ccccc1)C(=O)Nc1ccccc1C(C)C. The molecule has 124 valence electrons. The van der Waals surface area contributed by atoms with Crippen molar-refractivity contribution < 1.29 is 9.59 Å². The van der Waals surface area contributed by atoms with E-state index in [0.717, 1.165) is 16.8 Å². The number of para-hydroxylation sites is 1. The molecule has 0 aliphatic carbocycles. The predicted octanol–water partition coefficient (Wildman–Crippen LogP) is 3.93. The molecule has 4 heteroatoms. The van der Waals surface area contributed by atoms with Gasteiger partial charge >= 0.3 is 0 Å². The molecular weight excluding hydrogens is 300 g/mol. The van der Waals surface area contributed by atoms with Crippen LogP contribution in [-0.2, 0) is 9.59 Å². The minimum atomic E-state index is -0.345. The molecular formula is C20H22N2O2. The van der Waals surface area contributed by atoms with Crippen molar-refractivity contribution >= 4 is 23.6 Å². The fraction of sp³-hybridized carbons (Fsp3) is 0.200. The molecule has 0 aromatic heterocycles. The molecule has 24 heavy (non-hydrogen) atoms. The van der Waals surface area contributed by atoms with Gasteiger partial charge in [0, 0.05) is 12.6 Å². The Hall–Kier alpha value is -2.88. The van der Waals surface area contributed by atoms with Crippen molar-refractivity contribution in [2.24, 2.45) is 0 Å². The van der Waals surface area contributed by atoms with E-state index >= 15 is 0 Å². The number of carbonyl (C=O) groups is 2. The third-order valence-corrected chi connectivity index (χ3v) is 3.50. The number of carbonyl (C=O) groups excluding carboxylic acids is 2. The number of benzene rings is 2. The first-order valence-electron chi connectivity index (χ1n) is 7.92. The summed E-state index contributed by atoms with van der Waals surface area (Å²) in [6.45, 7) is 5.52. The van der Waals surface area contributed by atoms with Gasteiger partial charge < -0.3 is 10.6 Å². The Labute approximate surface area is 142 Å². The van der Waals surface area contributed by atoms with E-state index in [-0.39, 0.29) is 23.4 Å². The van der Waals surface area contributed by atoms with Gasteiger partial charge in [-0.15, -0.1) is 0 Å². The smallest absolute Gasteiger partial charge is 0.272 e. The lowest BCUT2D eigenvalue weighted by atomic mass is 10.0. The minimum Gasteiger partial charge on any atom is -0.322 e. The second-order valence-electron chi connectivity index (χ2n) is 5.85. The molecule has 0 aliphatic rings. The first kappa shape index (κ1) is 17.5. The van der Waals surface area contributed by atoms with Crippen molar-refractivity contribution in [3.63, 3.8) is 0 Å². The summed E-state index contributed by atoms with van der Waals surface area (Å²) < 4.78 is 0. The van der Waals surface area contributed by atoms with Crippen LogP contribution in [-0.4, -0.2) is 11.8 Å². The average molecular weight is 322 g/mol. The third kappa shape index (κ3) is 4.81. The van der Waals surface area contributed by atoms with Crippen molar-refractivity contribution in [3.05, 3.63) is 71.4 Å². The van der Waals surface area contributed by atoms with E-state index in [1.807, 2.05) is 54.6 Å². The van der Waals surface area contributed by atoms with Crippen LogP contribution in [0.5, 0.6) is 0 Å². The van der Waals surface area contributed by atoms with Gasteiger partial charge in [-0.05, 0) is 29.2 Å². The van der Waals surface area contributed by atoms with Crippen LogP contribution < -0.4 is 10.6 Å². The van der Waals surface area contributed by atoms with Crippen molar-refractivity contribution in [2.75, 3.05) is 5.32 Å². The Morgan fingerprint density at radius 3 is 2.21 bits per heavy atom. The normalized spacial score (nSPS) is 11.2. The molecule has 0 spiro atoms. The lowest BCUT2D eigenvalue weighted by Gasteiger charge is -2.15. The maximum atomic E-state index is 12.6. The van der Waals surface area contributed by atoms with Gasteiger partial charge in [0.15, 0.2) is 0 Å². The summed E-state index contributed by atoms with van der Waals surface area (Å²) in [6.07, 6.45) is 1.66. The lowest BCUT2D eigenvalue weighted by Crippen LogP contribution is -2.29. The van der Waals surface area contributed by atoms with Crippen molar-refractivity contribution in [1.82, 2.24) is 5.32 Å². The zero-order valence-electron chi connectivity index (χ0n) is 14.2. The Morgan fingerprint density at radius 1 is 0.958 bits per heavy atom. The number of rotatable bonds is 5. The summed E-state index contributed by atoms with van der Waals surface area (Å²) >= 11 is 0. The molecule has 2 aromatic rings. The molecule has 0 fully saturated rings. The first-order valence-corrected chi connectivity index (χ1v) is 7.92. The zero-order chi connectivity index (χ0) is 17.5. The van der Waals surface area contributed by atoms with Gasteiger partial charge in [0.1, 0.15) is 5.70 Å². The van der Waals surface area contributed by atoms with Gasteiger partial charge in [0.05, 0.1) is 0 Å². The fourth-order valence-corrected chi connectivity index (χ4v) is 2.37. The van der Waals surface area contributed by atoms with Crippen LogP contribution in [0.25, 0.3) is 6.08 Å². The van der Waals surface area contributed by atoms with E-state index in [1.54, 1.807) is 6.08 Å². The highest BCUT2D eigenvalue weighted by atomic mass is 16.2. The van der Waals surface area contributed by atoms with Gasteiger partial charge in [-0.1, -0.05) is 62.4 Å². The Kier molecular flexibility index (Phi) is 5.90. The summed E-state index contributed by atoms with van der Waals surface area (Å²) in [7, 11) is 0. The molecule has 0 saturated heterocycles. The predicted molar refractivity (Wildman–Crippen MR) is 97.4 cm³/mol. The monoisotopic (exact) mass is 322 g/mol. The number of hydrogen-bond donors (Lipinski definition) is 2. The van der Waals surface area contributed by atoms with E-state index in [4.69, 9.17) is 0 Å². The van der Waals surface area contributed by atoms with E-state index in [9.17, 15) is 9.59 Å². The quantitative estimate of drug-likeness (QED) is 0.820. The van der Waals surface area contributed by atoms with Gasteiger partial charge in [-0.2, -0.15) is 0 Å². The number of nitrogens with one attached hydrogen (secondary N) is 2. The first-order chi connectivity index (χ1) is 11.5. The fourth-order valence-electron chi connectivity index (χ4n) is 2.37. The molecule has 0 atom stereocenters. The molecule has 0 aliphatic heterocycles. The Bertz CT molecular complexity index is 749. The largest absolute Gasteiger partial charge is 0.322 e. The maximum absolute atomic E-state index is 12.6. The highest BCUT2D eigenvalue weighted by molar-refractivity contribution is 6.08. The summed E-state index contributed by atoms with van der Waals surface area (Å²) in [4.78, 5) is 24.1.